The van der Waals surface area contributed by atoms with E-state index in [1.54, 1.807) is 31.4 Å². The van der Waals surface area contributed by atoms with Crippen molar-refractivity contribution in [2.24, 2.45) is 0 Å². The fraction of sp³-hybridized carbons (Fsp3) is 0.381. The number of anilines is 1. The van der Waals surface area contributed by atoms with Crippen molar-refractivity contribution in [3.63, 3.8) is 0 Å². The van der Waals surface area contributed by atoms with Crippen LogP contribution in [0.5, 0.6) is 5.75 Å². The van der Waals surface area contributed by atoms with Crippen molar-refractivity contribution in [2.45, 2.75) is 38.8 Å². The van der Waals surface area contributed by atoms with E-state index in [1.165, 1.54) is 0 Å². The van der Waals surface area contributed by atoms with Crippen LogP contribution in [-0.2, 0) is 6.54 Å². The molecule has 2 aromatic rings. The van der Waals surface area contributed by atoms with Crippen LogP contribution in [0.15, 0.2) is 48.5 Å². The van der Waals surface area contributed by atoms with Gasteiger partial charge in [0.15, 0.2) is 0 Å². The van der Waals surface area contributed by atoms with Gasteiger partial charge in [0.1, 0.15) is 5.75 Å². The number of amides is 1. The van der Waals surface area contributed by atoms with Gasteiger partial charge >= 0.3 is 0 Å². The average molecular weight is 356 g/mol. The van der Waals surface area contributed by atoms with Crippen LogP contribution in [0.4, 0.5) is 5.69 Å². The summed E-state index contributed by atoms with van der Waals surface area (Å²) < 4.78 is 5.10. The number of hydrogen-bond donors (Lipinski definition) is 3. The minimum absolute atomic E-state index is 0.163. The van der Waals surface area contributed by atoms with Crippen LogP contribution in [-0.4, -0.2) is 30.3 Å². The van der Waals surface area contributed by atoms with Gasteiger partial charge in [0.2, 0.25) is 0 Å². The second-order valence-electron chi connectivity index (χ2n) is 6.42. The number of aliphatic hydroxyl groups is 1. The molecule has 0 aliphatic rings. The number of carbonyl (C=O) groups is 1. The predicted octanol–water partition coefficient (Wildman–Crippen LogP) is 3.59. The van der Waals surface area contributed by atoms with Crippen LogP contribution >= 0.6 is 0 Å². The Balaban J connectivity index is 1.94. The van der Waals surface area contributed by atoms with E-state index in [2.05, 4.69) is 10.6 Å². The van der Waals surface area contributed by atoms with Gasteiger partial charge in [-0.15, -0.1) is 0 Å². The molecular formula is C21H28N2O3. The number of carbonyl (C=O) groups excluding carboxylic acids is 1. The number of hydrogen-bond acceptors (Lipinski definition) is 4. The van der Waals surface area contributed by atoms with Gasteiger partial charge in [0, 0.05) is 24.3 Å². The van der Waals surface area contributed by atoms with Gasteiger partial charge in [-0.25, -0.2) is 0 Å². The van der Waals surface area contributed by atoms with Crippen LogP contribution in [0.1, 0.15) is 42.6 Å². The molecule has 0 saturated carbocycles. The van der Waals surface area contributed by atoms with Crippen molar-refractivity contribution in [3.8, 4) is 5.75 Å². The highest BCUT2D eigenvalue weighted by Gasteiger charge is 2.21. The van der Waals surface area contributed by atoms with E-state index in [0.717, 1.165) is 11.3 Å². The second-order valence-corrected chi connectivity index (χ2v) is 6.42. The Morgan fingerprint density at radius 2 is 1.81 bits per heavy atom. The van der Waals surface area contributed by atoms with Crippen molar-refractivity contribution >= 4 is 11.6 Å². The molecule has 0 atom stereocenters. The SMILES string of the molecule is CCC(O)(CC)CNCc1cccc(NC(=O)c2ccc(OC)cc2)c1. The van der Waals surface area contributed by atoms with E-state index in [-0.39, 0.29) is 5.91 Å². The summed E-state index contributed by atoms with van der Waals surface area (Å²) in [4.78, 5) is 12.3. The number of nitrogens with one attached hydrogen (secondary N) is 2. The van der Waals surface area contributed by atoms with Crippen LogP contribution in [0, 0.1) is 0 Å². The molecule has 0 radical (unpaired) electrons. The highest BCUT2D eigenvalue weighted by molar-refractivity contribution is 6.04. The Kier molecular flexibility index (Phi) is 7.18. The van der Waals surface area contributed by atoms with Crippen molar-refractivity contribution < 1.29 is 14.6 Å². The van der Waals surface area contributed by atoms with Gasteiger partial charge < -0.3 is 20.5 Å². The maximum atomic E-state index is 12.3. The zero-order valence-corrected chi connectivity index (χ0v) is 15.7. The van der Waals surface area contributed by atoms with E-state index >= 15 is 0 Å². The topological polar surface area (TPSA) is 70.6 Å². The first-order valence-corrected chi connectivity index (χ1v) is 8.97. The van der Waals surface area contributed by atoms with Gasteiger partial charge in [-0.05, 0) is 54.8 Å². The Hall–Kier alpha value is -2.37. The first-order valence-electron chi connectivity index (χ1n) is 8.97. The van der Waals surface area contributed by atoms with E-state index in [4.69, 9.17) is 4.74 Å². The van der Waals surface area contributed by atoms with E-state index in [9.17, 15) is 9.90 Å². The summed E-state index contributed by atoms with van der Waals surface area (Å²) in [6.07, 6.45) is 1.43. The molecule has 0 unspecified atom stereocenters. The smallest absolute Gasteiger partial charge is 0.255 e. The molecular weight excluding hydrogens is 328 g/mol. The van der Waals surface area contributed by atoms with Crippen LogP contribution in [0.25, 0.3) is 0 Å². The molecule has 0 bridgehead atoms. The average Bonchev–Trinajstić information content (AvgIpc) is 2.68. The van der Waals surface area contributed by atoms with Crippen molar-refractivity contribution in [1.82, 2.24) is 5.32 Å². The predicted molar refractivity (Wildman–Crippen MR) is 105 cm³/mol. The zero-order chi connectivity index (χ0) is 19.0. The minimum atomic E-state index is -0.666. The van der Waals surface area contributed by atoms with Gasteiger partial charge in [-0.1, -0.05) is 26.0 Å². The molecule has 5 nitrogen and oxygen atoms in total. The normalized spacial score (nSPS) is 11.2. The first kappa shape index (κ1) is 19.9. The largest absolute Gasteiger partial charge is 0.497 e. The Morgan fingerprint density at radius 3 is 2.42 bits per heavy atom. The Labute approximate surface area is 155 Å². The molecule has 0 aliphatic carbocycles. The summed E-state index contributed by atoms with van der Waals surface area (Å²) in [5.41, 5.74) is 1.70. The highest BCUT2D eigenvalue weighted by atomic mass is 16.5. The van der Waals surface area contributed by atoms with Gasteiger partial charge in [0.05, 0.1) is 12.7 Å². The van der Waals surface area contributed by atoms with Crippen molar-refractivity contribution in [2.75, 3.05) is 19.0 Å². The Bertz CT molecular complexity index is 709. The molecule has 2 aromatic carbocycles. The summed E-state index contributed by atoms with van der Waals surface area (Å²) >= 11 is 0. The summed E-state index contributed by atoms with van der Waals surface area (Å²) in [7, 11) is 1.59. The van der Waals surface area contributed by atoms with E-state index in [0.29, 0.717) is 37.2 Å². The monoisotopic (exact) mass is 356 g/mol. The molecule has 0 aromatic heterocycles. The summed E-state index contributed by atoms with van der Waals surface area (Å²) in [6.45, 7) is 5.15. The van der Waals surface area contributed by atoms with Crippen LogP contribution < -0.4 is 15.4 Å². The molecule has 0 saturated heterocycles. The molecule has 5 heteroatoms. The Morgan fingerprint density at radius 1 is 1.12 bits per heavy atom. The molecule has 0 fully saturated rings. The van der Waals surface area contributed by atoms with Crippen molar-refractivity contribution in [3.05, 3.63) is 59.7 Å². The first-order chi connectivity index (χ1) is 12.5. The lowest BCUT2D eigenvalue weighted by atomic mass is 9.97. The van der Waals surface area contributed by atoms with E-state index < -0.39 is 5.60 Å². The molecule has 0 aliphatic heterocycles. The lowest BCUT2D eigenvalue weighted by Crippen LogP contribution is -2.39. The quantitative estimate of drug-likeness (QED) is 0.642. The third kappa shape index (κ3) is 5.58. The maximum Gasteiger partial charge on any atom is 0.255 e. The maximum absolute atomic E-state index is 12.3. The number of ether oxygens (including phenoxy) is 1. The second kappa shape index (κ2) is 9.36. The lowest BCUT2D eigenvalue weighted by molar-refractivity contribution is 0.0323. The van der Waals surface area contributed by atoms with Gasteiger partial charge in [-0.3, -0.25) is 4.79 Å². The summed E-state index contributed by atoms with van der Waals surface area (Å²) in [6, 6.07) is 14.7. The summed E-state index contributed by atoms with van der Waals surface area (Å²) in [5.74, 6) is 0.554. The third-order valence-electron chi connectivity index (χ3n) is 4.64. The molecule has 0 heterocycles. The summed E-state index contributed by atoms with van der Waals surface area (Å²) in [5, 5.41) is 16.5. The zero-order valence-electron chi connectivity index (χ0n) is 15.7. The molecule has 0 spiro atoms. The van der Waals surface area contributed by atoms with Gasteiger partial charge in [-0.2, -0.15) is 0 Å². The van der Waals surface area contributed by atoms with Crippen LogP contribution in [0.3, 0.4) is 0 Å². The van der Waals surface area contributed by atoms with Gasteiger partial charge in [0.25, 0.3) is 5.91 Å². The molecule has 3 N–H and O–H groups in total. The van der Waals surface area contributed by atoms with Crippen LogP contribution in [0.2, 0.25) is 0 Å². The van der Waals surface area contributed by atoms with Crippen molar-refractivity contribution in [1.29, 1.82) is 0 Å². The minimum Gasteiger partial charge on any atom is -0.497 e. The molecule has 140 valence electrons. The van der Waals surface area contributed by atoms with E-state index in [1.807, 2.05) is 38.1 Å². The highest BCUT2D eigenvalue weighted by Crippen LogP contribution is 2.16. The number of rotatable bonds is 9. The third-order valence-corrected chi connectivity index (χ3v) is 4.64. The number of methoxy groups -OCH3 is 1. The number of benzene rings is 2. The molecule has 1 amide bonds. The lowest BCUT2D eigenvalue weighted by Gasteiger charge is -2.25. The molecule has 26 heavy (non-hydrogen) atoms. The fourth-order valence-corrected chi connectivity index (χ4v) is 2.64. The fourth-order valence-electron chi connectivity index (χ4n) is 2.64. The standard InChI is InChI=1S/C21H28N2O3/c1-4-21(25,5-2)15-22-14-16-7-6-8-18(13-16)23-20(24)17-9-11-19(26-3)12-10-17/h6-13,22,25H,4-5,14-15H2,1-3H3,(H,23,24). The molecule has 2 rings (SSSR count).